The van der Waals surface area contributed by atoms with Crippen LogP contribution < -0.4 is 25.1 Å². The molecule has 11 heteroatoms. The van der Waals surface area contributed by atoms with E-state index >= 15 is 0 Å². The molecule has 10 nitrogen and oxygen atoms in total. The number of piperidine rings is 1. The fourth-order valence-corrected chi connectivity index (χ4v) is 5.22. The van der Waals surface area contributed by atoms with Crippen molar-refractivity contribution in [1.29, 1.82) is 0 Å². The number of benzene rings is 2. The lowest BCUT2D eigenvalue weighted by molar-refractivity contribution is -0.121. The van der Waals surface area contributed by atoms with Gasteiger partial charge in [-0.3, -0.25) is 14.3 Å². The van der Waals surface area contributed by atoms with Crippen molar-refractivity contribution >= 4 is 44.6 Å². The molecule has 0 spiro atoms. The lowest BCUT2D eigenvalue weighted by Crippen LogP contribution is -2.33. The van der Waals surface area contributed by atoms with Crippen molar-refractivity contribution < 1.29 is 22.7 Å². The van der Waals surface area contributed by atoms with Gasteiger partial charge in [0.25, 0.3) is 15.9 Å². The van der Waals surface area contributed by atoms with Crippen LogP contribution in [0.15, 0.2) is 52.5 Å². The monoisotopic (exact) mass is 485 g/mol. The summed E-state index contributed by atoms with van der Waals surface area (Å²) in [5.74, 6) is -0.124. The van der Waals surface area contributed by atoms with E-state index in [1.165, 1.54) is 13.2 Å². The molecule has 4 rings (SSSR count). The maximum absolute atomic E-state index is 13.4. The molecule has 0 unspecified atom stereocenters. The molecule has 0 radical (unpaired) electrons. The molecule has 0 saturated carbocycles. The Hall–Kier alpha value is -3.60. The van der Waals surface area contributed by atoms with Gasteiger partial charge in [-0.2, -0.15) is 5.10 Å². The van der Waals surface area contributed by atoms with E-state index in [-0.39, 0.29) is 29.4 Å². The number of carbonyl (C=O) groups is 2. The van der Waals surface area contributed by atoms with Crippen LogP contribution in [0.5, 0.6) is 5.75 Å². The van der Waals surface area contributed by atoms with Crippen LogP contribution in [0.4, 0.5) is 17.1 Å². The van der Waals surface area contributed by atoms with Crippen LogP contribution in [-0.2, 0) is 19.6 Å². The molecule has 1 fully saturated rings. The highest BCUT2D eigenvalue weighted by molar-refractivity contribution is 7.92. The molecule has 0 aromatic heterocycles. The maximum atomic E-state index is 13.4. The number of nitrogens with one attached hydrogen (secondary N) is 3. The van der Waals surface area contributed by atoms with Crippen LogP contribution in [-0.4, -0.2) is 46.1 Å². The first-order valence-corrected chi connectivity index (χ1v) is 12.6. The number of nitrogens with zero attached hydrogens (tertiary/aromatic N) is 2. The van der Waals surface area contributed by atoms with Gasteiger partial charge >= 0.3 is 0 Å². The summed E-state index contributed by atoms with van der Waals surface area (Å²) >= 11 is 0. The Balaban J connectivity index is 1.64. The van der Waals surface area contributed by atoms with E-state index in [2.05, 4.69) is 25.5 Å². The molecule has 1 saturated heterocycles. The van der Waals surface area contributed by atoms with E-state index in [1.807, 2.05) is 0 Å². The maximum Gasteiger partial charge on any atom is 0.271 e. The van der Waals surface area contributed by atoms with Crippen LogP contribution in [0.25, 0.3) is 0 Å². The summed E-state index contributed by atoms with van der Waals surface area (Å²) in [6.07, 6.45) is 3.46. The van der Waals surface area contributed by atoms with Crippen molar-refractivity contribution in [2.45, 2.75) is 37.0 Å². The van der Waals surface area contributed by atoms with Gasteiger partial charge in [0, 0.05) is 37.3 Å². The molecule has 3 N–H and O–H groups in total. The predicted molar refractivity (Wildman–Crippen MR) is 130 cm³/mol. The standard InChI is InChI=1S/C23H27N5O5S/c1-33-18-8-5-16(6-9-18)27-34(31,32)21-15-17(7-11-20(21)28-13-3-2-4-14-28)24-23(30)19-10-12-22(29)26-25-19/h5-9,11,15,27H,2-4,10,12-14H2,1H3,(H,24,30)(H,26,29). The zero-order valence-electron chi connectivity index (χ0n) is 18.8. The van der Waals surface area contributed by atoms with E-state index in [1.54, 1.807) is 36.4 Å². The number of carbonyl (C=O) groups excluding carboxylic acids is 2. The van der Waals surface area contributed by atoms with Gasteiger partial charge in [0.2, 0.25) is 5.91 Å². The second kappa shape index (κ2) is 10.1. The molecule has 0 bridgehead atoms. The number of amides is 2. The largest absolute Gasteiger partial charge is 0.497 e. The average molecular weight is 486 g/mol. The number of hydrogen-bond acceptors (Lipinski definition) is 7. The topological polar surface area (TPSA) is 129 Å². The lowest BCUT2D eigenvalue weighted by Gasteiger charge is -2.30. The summed E-state index contributed by atoms with van der Waals surface area (Å²) in [6.45, 7) is 1.51. The number of rotatable bonds is 7. The highest BCUT2D eigenvalue weighted by Gasteiger charge is 2.25. The van der Waals surface area contributed by atoms with Crippen LogP contribution in [0, 0.1) is 0 Å². The Morgan fingerprint density at radius 2 is 1.74 bits per heavy atom. The molecule has 2 aliphatic heterocycles. The number of anilines is 3. The summed E-state index contributed by atoms with van der Waals surface area (Å²) in [6, 6.07) is 11.4. The molecular weight excluding hydrogens is 458 g/mol. The fraction of sp³-hybridized carbons (Fsp3) is 0.348. The smallest absolute Gasteiger partial charge is 0.271 e. The third-order valence-corrected chi connectivity index (χ3v) is 7.12. The van der Waals surface area contributed by atoms with E-state index < -0.39 is 15.9 Å². The van der Waals surface area contributed by atoms with Crippen molar-refractivity contribution in [1.82, 2.24) is 5.43 Å². The van der Waals surface area contributed by atoms with Gasteiger partial charge in [0.05, 0.1) is 12.8 Å². The summed E-state index contributed by atoms with van der Waals surface area (Å²) in [7, 11) is -2.44. The van der Waals surface area contributed by atoms with Gasteiger partial charge in [-0.1, -0.05) is 0 Å². The van der Waals surface area contributed by atoms with Crippen molar-refractivity contribution in [3.05, 3.63) is 42.5 Å². The Kier molecular flexibility index (Phi) is 7.01. The first-order chi connectivity index (χ1) is 16.4. The summed E-state index contributed by atoms with van der Waals surface area (Å²) in [5.41, 5.74) is 3.77. The zero-order chi connectivity index (χ0) is 24.1. The van der Waals surface area contributed by atoms with Gasteiger partial charge < -0.3 is 15.0 Å². The number of sulfonamides is 1. The normalized spacial score (nSPS) is 16.3. The van der Waals surface area contributed by atoms with Crippen molar-refractivity contribution in [2.24, 2.45) is 5.10 Å². The third kappa shape index (κ3) is 5.48. The minimum atomic E-state index is -3.97. The second-order valence-corrected chi connectivity index (χ2v) is 9.76. The first kappa shape index (κ1) is 23.6. The minimum Gasteiger partial charge on any atom is -0.497 e. The van der Waals surface area contributed by atoms with E-state index in [9.17, 15) is 18.0 Å². The molecular formula is C23H27N5O5S. The lowest BCUT2D eigenvalue weighted by atomic mass is 10.1. The van der Waals surface area contributed by atoms with Gasteiger partial charge in [-0.15, -0.1) is 0 Å². The molecule has 2 aromatic rings. The molecule has 2 aromatic carbocycles. The number of ether oxygens (including phenoxy) is 1. The molecule has 180 valence electrons. The highest BCUT2D eigenvalue weighted by atomic mass is 32.2. The molecule has 2 heterocycles. The Morgan fingerprint density at radius 1 is 1.03 bits per heavy atom. The van der Waals surface area contributed by atoms with Crippen molar-refractivity contribution in [3.63, 3.8) is 0 Å². The van der Waals surface area contributed by atoms with Crippen LogP contribution in [0.1, 0.15) is 32.1 Å². The van der Waals surface area contributed by atoms with Crippen LogP contribution >= 0.6 is 0 Å². The average Bonchev–Trinajstić information content (AvgIpc) is 2.85. The first-order valence-electron chi connectivity index (χ1n) is 11.1. The molecule has 2 amide bonds. The van der Waals surface area contributed by atoms with Crippen LogP contribution in [0.2, 0.25) is 0 Å². The van der Waals surface area contributed by atoms with Gasteiger partial charge in [0.15, 0.2) is 0 Å². The van der Waals surface area contributed by atoms with E-state index in [0.717, 1.165) is 32.4 Å². The number of hydrogen-bond donors (Lipinski definition) is 3. The van der Waals surface area contributed by atoms with Gasteiger partial charge in [-0.25, -0.2) is 13.8 Å². The fourth-order valence-electron chi connectivity index (χ4n) is 3.91. The molecule has 0 atom stereocenters. The van der Waals surface area contributed by atoms with Crippen molar-refractivity contribution in [2.75, 3.05) is 35.1 Å². The summed E-state index contributed by atoms with van der Waals surface area (Å²) < 4.78 is 34.6. The van der Waals surface area contributed by atoms with E-state index in [4.69, 9.17) is 4.74 Å². The molecule has 0 aliphatic carbocycles. The Bertz CT molecular complexity index is 1200. The summed E-state index contributed by atoms with van der Waals surface area (Å²) in [5, 5.41) is 6.49. The van der Waals surface area contributed by atoms with Gasteiger partial charge in [-0.05, 0) is 61.7 Å². The number of methoxy groups -OCH3 is 1. The Morgan fingerprint density at radius 3 is 2.38 bits per heavy atom. The zero-order valence-corrected chi connectivity index (χ0v) is 19.7. The van der Waals surface area contributed by atoms with Gasteiger partial charge in [0.1, 0.15) is 16.4 Å². The second-order valence-electron chi connectivity index (χ2n) is 8.11. The molecule has 34 heavy (non-hydrogen) atoms. The quantitative estimate of drug-likeness (QED) is 0.553. The predicted octanol–water partition coefficient (Wildman–Crippen LogP) is 2.69. The summed E-state index contributed by atoms with van der Waals surface area (Å²) in [4.78, 5) is 26.0. The Labute approximate surface area is 198 Å². The van der Waals surface area contributed by atoms with Crippen molar-refractivity contribution in [3.8, 4) is 5.75 Å². The molecule has 2 aliphatic rings. The number of hydrazone groups is 1. The third-order valence-electron chi connectivity index (χ3n) is 5.71. The van der Waals surface area contributed by atoms with Crippen LogP contribution in [0.3, 0.4) is 0 Å². The SMILES string of the molecule is COc1ccc(NS(=O)(=O)c2cc(NC(=O)C3=NNC(=O)CC3)ccc2N2CCCCC2)cc1. The highest BCUT2D eigenvalue weighted by Crippen LogP contribution is 2.32. The van der Waals surface area contributed by atoms with E-state index in [0.29, 0.717) is 22.8 Å². The minimum absolute atomic E-state index is 0.0712.